The van der Waals surface area contributed by atoms with Crippen LogP contribution in [0.4, 0.5) is 0 Å². The van der Waals surface area contributed by atoms with E-state index in [-0.39, 0.29) is 11.6 Å². The van der Waals surface area contributed by atoms with Gasteiger partial charge in [0.2, 0.25) is 0 Å². The fraction of sp³-hybridized carbons (Fsp3) is 0.375. The molecule has 0 radical (unpaired) electrons. The Bertz CT molecular complexity index is 1340. The molecule has 0 atom stereocenters. The maximum Gasteiger partial charge on any atom is 0.328 e. The van der Waals surface area contributed by atoms with Gasteiger partial charge in [0.1, 0.15) is 5.52 Å². The number of fused-ring (bicyclic) bond motifs is 2. The van der Waals surface area contributed by atoms with Crippen molar-refractivity contribution in [1.29, 1.82) is 0 Å². The van der Waals surface area contributed by atoms with Crippen LogP contribution in [0.15, 0.2) is 45.6 Å². The summed E-state index contributed by atoms with van der Waals surface area (Å²) in [5.74, 6) is 1.02. The number of carbonyl (C=O) groups excluding carboxylic acids is 1. The second-order valence-corrected chi connectivity index (χ2v) is 8.48. The Morgan fingerprint density at radius 1 is 1.06 bits per heavy atom. The highest BCUT2D eigenvalue weighted by Crippen LogP contribution is 2.33. The minimum atomic E-state index is -0.167. The van der Waals surface area contributed by atoms with Gasteiger partial charge in [-0.2, -0.15) is 0 Å². The lowest BCUT2D eigenvalue weighted by molar-refractivity contribution is 0.0951. The van der Waals surface area contributed by atoms with Crippen molar-refractivity contribution in [2.75, 3.05) is 0 Å². The number of hydrogen-bond acceptors (Lipinski definition) is 4. The van der Waals surface area contributed by atoms with Crippen LogP contribution in [0.1, 0.15) is 59.8 Å². The Morgan fingerprint density at radius 2 is 1.84 bits per heavy atom. The van der Waals surface area contributed by atoms with Crippen LogP contribution in [0.2, 0.25) is 0 Å². The van der Waals surface area contributed by atoms with Gasteiger partial charge < -0.3 is 9.73 Å². The van der Waals surface area contributed by atoms with Crippen molar-refractivity contribution in [3.8, 4) is 0 Å². The summed E-state index contributed by atoms with van der Waals surface area (Å²) in [4.78, 5) is 29.5. The monoisotopic (exact) mass is 418 g/mol. The molecule has 1 aliphatic rings. The summed E-state index contributed by atoms with van der Waals surface area (Å²) in [5, 5.41) is 2.96. The van der Waals surface area contributed by atoms with Gasteiger partial charge in [0, 0.05) is 32.1 Å². The van der Waals surface area contributed by atoms with Crippen LogP contribution in [-0.2, 0) is 20.6 Å². The average molecular weight is 418 g/mol. The molecule has 7 heteroatoms. The molecule has 160 valence electrons. The highest BCUT2D eigenvalue weighted by molar-refractivity contribution is 5.97. The predicted octanol–water partition coefficient (Wildman–Crippen LogP) is 4.00. The van der Waals surface area contributed by atoms with Crippen LogP contribution < -0.4 is 11.0 Å². The van der Waals surface area contributed by atoms with E-state index in [1.807, 2.05) is 24.3 Å². The number of carbonyl (C=O) groups is 1. The number of hydrogen-bond donors (Lipinski definition) is 1. The van der Waals surface area contributed by atoms with Crippen LogP contribution in [-0.4, -0.2) is 20.0 Å². The molecule has 0 spiro atoms. The van der Waals surface area contributed by atoms with Crippen molar-refractivity contribution >= 4 is 28.0 Å². The molecule has 0 bridgehead atoms. The van der Waals surface area contributed by atoms with Crippen molar-refractivity contribution in [3.63, 3.8) is 0 Å². The first-order valence-corrected chi connectivity index (χ1v) is 10.8. The molecule has 0 aliphatic heterocycles. The fourth-order valence-corrected chi connectivity index (χ4v) is 4.55. The Labute approximate surface area is 179 Å². The summed E-state index contributed by atoms with van der Waals surface area (Å²) in [7, 11) is 3.51. The molecule has 0 unspecified atom stereocenters. The molecule has 0 saturated heterocycles. The maximum atomic E-state index is 12.7. The Morgan fingerprint density at radius 3 is 2.65 bits per heavy atom. The number of rotatable bonds is 4. The van der Waals surface area contributed by atoms with E-state index in [1.165, 1.54) is 19.3 Å². The molecule has 1 saturated carbocycles. The smallest absolute Gasteiger partial charge is 0.328 e. The molecule has 7 nitrogen and oxygen atoms in total. The van der Waals surface area contributed by atoms with Crippen molar-refractivity contribution in [2.24, 2.45) is 14.1 Å². The van der Waals surface area contributed by atoms with Crippen LogP contribution >= 0.6 is 0 Å². The normalized spacial score (nSPS) is 15.0. The average Bonchev–Trinajstić information content (AvgIpc) is 3.33. The van der Waals surface area contributed by atoms with Crippen molar-refractivity contribution < 1.29 is 9.21 Å². The van der Waals surface area contributed by atoms with Gasteiger partial charge in [-0.15, -0.1) is 0 Å². The summed E-state index contributed by atoms with van der Waals surface area (Å²) in [6, 6.07) is 11.2. The molecular weight excluding hydrogens is 392 g/mol. The van der Waals surface area contributed by atoms with Gasteiger partial charge in [-0.1, -0.05) is 25.3 Å². The largest absolute Gasteiger partial charge is 0.440 e. The zero-order chi connectivity index (χ0) is 21.5. The molecule has 4 aromatic rings. The third kappa shape index (κ3) is 3.54. The number of oxazole rings is 1. The number of aryl methyl sites for hydroxylation is 2. The van der Waals surface area contributed by atoms with Crippen LogP contribution in [0, 0.1) is 0 Å². The molecule has 2 aromatic carbocycles. The Hall–Kier alpha value is -3.35. The highest BCUT2D eigenvalue weighted by Gasteiger charge is 2.21. The first-order chi connectivity index (χ1) is 15.0. The van der Waals surface area contributed by atoms with E-state index >= 15 is 0 Å². The van der Waals surface area contributed by atoms with E-state index in [0.717, 1.165) is 40.8 Å². The summed E-state index contributed by atoms with van der Waals surface area (Å²) in [6.07, 6.45) is 5.98. The Kier molecular flexibility index (Phi) is 4.88. The standard InChI is InChI=1S/C24H26N4O3/c1-27-19-11-8-15(12-20(19)28(2)24(27)30)14-25-22(29)17-9-10-18-21(13-17)31-23(26-18)16-6-4-3-5-7-16/h8-13,16H,3-7,14H2,1-2H3,(H,25,29). The van der Waals surface area contributed by atoms with Crippen LogP contribution in [0.5, 0.6) is 0 Å². The first kappa shape index (κ1) is 19.6. The van der Waals surface area contributed by atoms with Gasteiger partial charge >= 0.3 is 5.69 Å². The first-order valence-electron chi connectivity index (χ1n) is 10.8. The second-order valence-electron chi connectivity index (χ2n) is 8.48. The number of imidazole rings is 1. The van der Waals surface area contributed by atoms with E-state index < -0.39 is 0 Å². The number of aromatic nitrogens is 3. The number of nitrogens with zero attached hydrogens (tertiary/aromatic N) is 3. The van der Waals surface area contributed by atoms with Gasteiger partial charge in [0.25, 0.3) is 5.91 Å². The summed E-state index contributed by atoms with van der Waals surface area (Å²) >= 11 is 0. The van der Waals surface area contributed by atoms with Crippen molar-refractivity contribution in [1.82, 2.24) is 19.4 Å². The SMILES string of the molecule is Cn1c(=O)n(C)c2cc(CNC(=O)c3ccc4nc(C5CCCCC5)oc4c3)ccc21. The quantitative estimate of drug-likeness (QED) is 0.543. The molecular formula is C24H26N4O3. The van der Waals surface area contributed by atoms with E-state index in [9.17, 15) is 9.59 Å². The second kappa shape index (κ2) is 7.72. The van der Waals surface area contributed by atoms with E-state index in [0.29, 0.717) is 23.6 Å². The Balaban J connectivity index is 1.32. The van der Waals surface area contributed by atoms with E-state index in [1.54, 1.807) is 35.4 Å². The maximum absolute atomic E-state index is 12.7. The predicted molar refractivity (Wildman–Crippen MR) is 119 cm³/mol. The van der Waals surface area contributed by atoms with Gasteiger partial charge in [-0.25, -0.2) is 9.78 Å². The topological polar surface area (TPSA) is 82.1 Å². The number of amides is 1. The molecule has 5 rings (SSSR count). The zero-order valence-electron chi connectivity index (χ0n) is 17.9. The summed E-state index contributed by atoms with van der Waals surface area (Å²) in [5.41, 5.74) is 4.59. The van der Waals surface area contributed by atoms with E-state index in [2.05, 4.69) is 10.3 Å². The lowest BCUT2D eigenvalue weighted by Gasteiger charge is -2.17. The lowest BCUT2D eigenvalue weighted by atomic mass is 9.89. The minimum absolute atomic E-state index is 0.0656. The minimum Gasteiger partial charge on any atom is -0.440 e. The van der Waals surface area contributed by atoms with Crippen LogP contribution in [0.3, 0.4) is 0 Å². The van der Waals surface area contributed by atoms with Gasteiger partial charge in [-0.05, 0) is 48.7 Å². The molecule has 2 aromatic heterocycles. The van der Waals surface area contributed by atoms with Gasteiger partial charge in [-0.3, -0.25) is 13.9 Å². The molecule has 31 heavy (non-hydrogen) atoms. The molecule has 1 aliphatic carbocycles. The van der Waals surface area contributed by atoms with Gasteiger partial charge in [0.05, 0.1) is 11.0 Å². The van der Waals surface area contributed by atoms with Gasteiger partial charge in [0.15, 0.2) is 11.5 Å². The van der Waals surface area contributed by atoms with Crippen molar-refractivity contribution in [3.05, 3.63) is 63.9 Å². The van der Waals surface area contributed by atoms with Crippen molar-refractivity contribution in [2.45, 2.75) is 44.6 Å². The number of nitrogens with one attached hydrogen (secondary N) is 1. The molecule has 2 heterocycles. The highest BCUT2D eigenvalue weighted by atomic mass is 16.3. The molecule has 1 N–H and O–H groups in total. The third-order valence-electron chi connectivity index (χ3n) is 6.41. The van der Waals surface area contributed by atoms with E-state index in [4.69, 9.17) is 4.42 Å². The third-order valence-corrected chi connectivity index (χ3v) is 6.41. The lowest BCUT2D eigenvalue weighted by Crippen LogP contribution is -2.22. The molecule has 1 amide bonds. The summed E-state index contributed by atoms with van der Waals surface area (Å²) < 4.78 is 9.24. The number of benzene rings is 2. The molecule has 1 fully saturated rings. The fourth-order valence-electron chi connectivity index (χ4n) is 4.55. The zero-order valence-corrected chi connectivity index (χ0v) is 17.9. The van der Waals surface area contributed by atoms with Crippen LogP contribution in [0.25, 0.3) is 22.1 Å². The summed E-state index contributed by atoms with van der Waals surface area (Å²) in [6.45, 7) is 0.375.